The molecule has 0 spiro atoms. The zero-order chi connectivity index (χ0) is 19.2. The van der Waals surface area contributed by atoms with E-state index in [1.165, 1.54) is 12.3 Å². The van der Waals surface area contributed by atoms with Crippen LogP contribution in [0.2, 0.25) is 0 Å². The summed E-state index contributed by atoms with van der Waals surface area (Å²) in [5.74, 6) is -1.97. The lowest BCUT2D eigenvalue weighted by Gasteiger charge is -2.10. The molecule has 0 unspecified atom stereocenters. The number of nitrogens with one attached hydrogen (secondary N) is 2. The molecule has 3 rings (SSSR count). The van der Waals surface area contributed by atoms with Crippen molar-refractivity contribution in [3.63, 3.8) is 0 Å². The van der Waals surface area contributed by atoms with Crippen LogP contribution in [0.3, 0.4) is 0 Å². The summed E-state index contributed by atoms with van der Waals surface area (Å²) in [5.41, 5.74) is 0.442. The number of amides is 2. The van der Waals surface area contributed by atoms with Gasteiger partial charge in [0.2, 0.25) is 0 Å². The van der Waals surface area contributed by atoms with Crippen molar-refractivity contribution >= 4 is 28.6 Å². The van der Waals surface area contributed by atoms with Crippen molar-refractivity contribution in [1.82, 2.24) is 15.6 Å². The van der Waals surface area contributed by atoms with Crippen LogP contribution in [-0.4, -0.2) is 41.0 Å². The molecule has 1 aromatic heterocycles. The third-order valence-electron chi connectivity index (χ3n) is 3.98. The van der Waals surface area contributed by atoms with Crippen molar-refractivity contribution in [2.45, 2.75) is 0 Å². The predicted octanol–water partition coefficient (Wildman–Crippen LogP) is 2.09. The maximum atomic E-state index is 12.4. The Balaban J connectivity index is 1.65. The highest BCUT2D eigenvalue weighted by atomic mass is 16.4. The second kappa shape index (κ2) is 8.09. The summed E-state index contributed by atoms with van der Waals surface area (Å²) in [4.78, 5) is 39.7. The quantitative estimate of drug-likeness (QED) is 0.581. The standard InChI is InChI=1S/C20H17N3O4/c24-18(15-6-3-7-21-12-15)22-8-9-23-19(25)16-10-13-4-1-2-5-14(13)11-17(16)20(26)27/h1-7,10-12H,8-9H2,(H,22,24)(H,23,25)(H,26,27). The number of benzene rings is 2. The number of carbonyl (C=O) groups is 3. The van der Waals surface area contributed by atoms with Crippen molar-refractivity contribution in [3.8, 4) is 0 Å². The second-order valence-corrected chi connectivity index (χ2v) is 5.80. The van der Waals surface area contributed by atoms with E-state index in [9.17, 15) is 19.5 Å². The molecule has 136 valence electrons. The summed E-state index contributed by atoms with van der Waals surface area (Å²) in [6, 6.07) is 13.6. The molecule has 0 atom stereocenters. The third kappa shape index (κ3) is 4.27. The third-order valence-corrected chi connectivity index (χ3v) is 3.98. The molecule has 3 aromatic rings. The van der Waals surface area contributed by atoms with Crippen molar-refractivity contribution in [2.24, 2.45) is 0 Å². The van der Waals surface area contributed by atoms with Gasteiger partial charge in [0, 0.05) is 25.5 Å². The largest absolute Gasteiger partial charge is 0.478 e. The molecule has 2 amide bonds. The lowest BCUT2D eigenvalue weighted by atomic mass is 10.0. The lowest BCUT2D eigenvalue weighted by Crippen LogP contribution is -2.35. The first-order valence-electron chi connectivity index (χ1n) is 8.29. The van der Waals surface area contributed by atoms with E-state index < -0.39 is 11.9 Å². The van der Waals surface area contributed by atoms with E-state index in [4.69, 9.17) is 0 Å². The molecule has 0 fully saturated rings. The average molecular weight is 363 g/mol. The van der Waals surface area contributed by atoms with Crippen molar-refractivity contribution in [3.05, 3.63) is 77.6 Å². The van der Waals surface area contributed by atoms with Crippen LogP contribution in [0.4, 0.5) is 0 Å². The second-order valence-electron chi connectivity index (χ2n) is 5.80. The highest BCUT2D eigenvalue weighted by Gasteiger charge is 2.17. The monoisotopic (exact) mass is 363 g/mol. The summed E-state index contributed by atoms with van der Waals surface area (Å²) in [6.45, 7) is 0.367. The van der Waals surface area contributed by atoms with Crippen LogP contribution in [0, 0.1) is 0 Å². The van der Waals surface area contributed by atoms with Gasteiger partial charge in [-0.05, 0) is 35.0 Å². The number of pyridine rings is 1. The molecular formula is C20H17N3O4. The molecule has 27 heavy (non-hydrogen) atoms. The smallest absolute Gasteiger partial charge is 0.336 e. The molecule has 0 aliphatic rings. The van der Waals surface area contributed by atoms with E-state index in [1.54, 1.807) is 36.5 Å². The summed E-state index contributed by atoms with van der Waals surface area (Å²) in [5, 5.41) is 16.2. The minimum absolute atomic E-state index is 0.0643. The number of carboxylic acids is 1. The molecular weight excluding hydrogens is 346 g/mol. The van der Waals surface area contributed by atoms with Gasteiger partial charge < -0.3 is 15.7 Å². The van der Waals surface area contributed by atoms with Crippen LogP contribution in [-0.2, 0) is 0 Å². The number of nitrogens with zero attached hydrogens (tertiary/aromatic N) is 1. The summed E-state index contributed by atoms with van der Waals surface area (Å²) in [6.07, 6.45) is 3.02. The maximum Gasteiger partial charge on any atom is 0.336 e. The minimum atomic E-state index is -1.17. The molecule has 0 saturated heterocycles. The number of aromatic nitrogens is 1. The highest BCUT2D eigenvalue weighted by Crippen LogP contribution is 2.20. The van der Waals surface area contributed by atoms with E-state index in [-0.39, 0.29) is 30.1 Å². The Morgan fingerprint density at radius 1 is 0.852 bits per heavy atom. The fourth-order valence-corrected chi connectivity index (χ4v) is 2.65. The molecule has 0 saturated carbocycles. The zero-order valence-corrected chi connectivity index (χ0v) is 14.3. The minimum Gasteiger partial charge on any atom is -0.478 e. The van der Waals surface area contributed by atoms with Crippen LogP contribution in [0.5, 0.6) is 0 Å². The van der Waals surface area contributed by atoms with Crippen LogP contribution < -0.4 is 10.6 Å². The Morgan fingerprint density at radius 2 is 1.48 bits per heavy atom. The van der Waals surface area contributed by atoms with E-state index in [1.807, 2.05) is 12.1 Å². The maximum absolute atomic E-state index is 12.4. The van der Waals surface area contributed by atoms with Crippen LogP contribution >= 0.6 is 0 Å². The molecule has 7 heteroatoms. The lowest BCUT2D eigenvalue weighted by molar-refractivity contribution is 0.0691. The number of hydrogen-bond donors (Lipinski definition) is 3. The Kier molecular flexibility index (Phi) is 5.41. The summed E-state index contributed by atoms with van der Waals surface area (Å²) >= 11 is 0. The van der Waals surface area contributed by atoms with E-state index in [0.717, 1.165) is 10.8 Å². The number of rotatable bonds is 6. The average Bonchev–Trinajstić information content (AvgIpc) is 2.70. The van der Waals surface area contributed by atoms with Gasteiger partial charge in [-0.2, -0.15) is 0 Å². The van der Waals surface area contributed by atoms with Gasteiger partial charge in [0.25, 0.3) is 11.8 Å². The zero-order valence-electron chi connectivity index (χ0n) is 14.3. The van der Waals surface area contributed by atoms with Gasteiger partial charge in [-0.1, -0.05) is 24.3 Å². The molecule has 0 aliphatic carbocycles. The SMILES string of the molecule is O=C(NCCNC(=O)c1cc2ccccc2cc1C(=O)O)c1cccnc1. The number of carbonyl (C=O) groups excluding carboxylic acids is 2. The van der Waals surface area contributed by atoms with Crippen LogP contribution in [0.1, 0.15) is 31.1 Å². The molecule has 1 heterocycles. The molecule has 2 aromatic carbocycles. The number of fused-ring (bicyclic) bond motifs is 1. The summed E-state index contributed by atoms with van der Waals surface area (Å²) in [7, 11) is 0. The molecule has 0 aliphatic heterocycles. The van der Waals surface area contributed by atoms with Gasteiger partial charge in [0.1, 0.15) is 0 Å². The number of carboxylic acid groups (broad SMARTS) is 1. The number of hydrogen-bond acceptors (Lipinski definition) is 4. The van der Waals surface area contributed by atoms with E-state index >= 15 is 0 Å². The summed E-state index contributed by atoms with van der Waals surface area (Å²) < 4.78 is 0. The van der Waals surface area contributed by atoms with Crippen molar-refractivity contribution < 1.29 is 19.5 Å². The first kappa shape index (κ1) is 18.1. The topological polar surface area (TPSA) is 108 Å². The van der Waals surface area contributed by atoms with Gasteiger partial charge in [-0.15, -0.1) is 0 Å². The molecule has 0 bridgehead atoms. The van der Waals surface area contributed by atoms with Crippen LogP contribution in [0.25, 0.3) is 10.8 Å². The van der Waals surface area contributed by atoms with E-state index in [0.29, 0.717) is 5.56 Å². The van der Waals surface area contributed by atoms with Gasteiger partial charge in [0.05, 0.1) is 16.7 Å². The molecule has 3 N–H and O–H groups in total. The molecule has 0 radical (unpaired) electrons. The highest BCUT2D eigenvalue weighted by molar-refractivity contribution is 6.08. The van der Waals surface area contributed by atoms with Gasteiger partial charge in [0.15, 0.2) is 0 Å². The Bertz CT molecular complexity index is 1000. The predicted molar refractivity (Wildman–Crippen MR) is 99.8 cm³/mol. The van der Waals surface area contributed by atoms with Gasteiger partial charge >= 0.3 is 5.97 Å². The van der Waals surface area contributed by atoms with Gasteiger partial charge in [-0.25, -0.2) is 4.79 Å². The fourth-order valence-electron chi connectivity index (χ4n) is 2.65. The Labute approximate surface area is 155 Å². The Morgan fingerprint density at radius 3 is 2.07 bits per heavy atom. The number of aromatic carboxylic acids is 1. The van der Waals surface area contributed by atoms with Crippen LogP contribution in [0.15, 0.2) is 60.9 Å². The normalized spacial score (nSPS) is 10.4. The van der Waals surface area contributed by atoms with Gasteiger partial charge in [-0.3, -0.25) is 14.6 Å². The molecule has 7 nitrogen and oxygen atoms in total. The van der Waals surface area contributed by atoms with Crippen molar-refractivity contribution in [2.75, 3.05) is 13.1 Å². The first-order valence-corrected chi connectivity index (χ1v) is 8.29. The Hall–Kier alpha value is -3.74. The fraction of sp³-hybridized carbons (Fsp3) is 0.100. The van der Waals surface area contributed by atoms with E-state index in [2.05, 4.69) is 15.6 Å². The first-order chi connectivity index (χ1) is 13.1. The van der Waals surface area contributed by atoms with Crippen molar-refractivity contribution in [1.29, 1.82) is 0 Å².